The molecule has 0 spiro atoms. The van der Waals surface area contributed by atoms with Crippen LogP contribution in [0.1, 0.15) is 17.0 Å². The molecule has 0 aliphatic rings. The summed E-state index contributed by atoms with van der Waals surface area (Å²) < 4.78 is 9.85. The molecule has 0 atom stereocenters. The maximum atomic E-state index is 10.9. The number of aromatic nitrogens is 2. The molecule has 8 nitrogen and oxygen atoms in total. The SMILES string of the molecule is Cc1nonc1COc1cc(CO)ccc1[N+](=O)[O-]. The first-order valence-electron chi connectivity index (χ1n) is 5.41. The predicted octanol–water partition coefficient (Wildman–Crippen LogP) is 1.36. The summed E-state index contributed by atoms with van der Waals surface area (Å²) in [4.78, 5) is 10.3. The summed E-state index contributed by atoms with van der Waals surface area (Å²) in [6.07, 6.45) is 0. The monoisotopic (exact) mass is 265 g/mol. The van der Waals surface area contributed by atoms with E-state index in [0.29, 0.717) is 17.0 Å². The van der Waals surface area contributed by atoms with Crippen LogP contribution in [0.3, 0.4) is 0 Å². The third-order valence-corrected chi connectivity index (χ3v) is 2.51. The number of aliphatic hydroxyl groups is 1. The van der Waals surface area contributed by atoms with Crippen LogP contribution in [0.25, 0.3) is 0 Å². The van der Waals surface area contributed by atoms with Gasteiger partial charge in [-0.25, -0.2) is 4.63 Å². The molecular formula is C11H11N3O5. The lowest BCUT2D eigenvalue weighted by atomic mass is 10.2. The summed E-state index contributed by atoms with van der Waals surface area (Å²) in [6.45, 7) is 1.47. The number of nitrogens with zero attached hydrogens (tertiary/aromatic N) is 3. The Hall–Kier alpha value is -2.48. The molecule has 1 N–H and O–H groups in total. The lowest BCUT2D eigenvalue weighted by Gasteiger charge is -2.06. The smallest absolute Gasteiger partial charge is 0.310 e. The maximum Gasteiger partial charge on any atom is 0.310 e. The molecule has 0 fully saturated rings. The van der Waals surface area contributed by atoms with Gasteiger partial charge in [-0.1, -0.05) is 10.3 Å². The van der Waals surface area contributed by atoms with Gasteiger partial charge in [-0.15, -0.1) is 0 Å². The molecule has 2 rings (SSSR count). The third kappa shape index (κ3) is 2.86. The third-order valence-electron chi connectivity index (χ3n) is 2.51. The van der Waals surface area contributed by atoms with E-state index in [9.17, 15) is 10.1 Å². The molecule has 0 saturated heterocycles. The minimum absolute atomic E-state index is 0.00502. The summed E-state index contributed by atoms with van der Waals surface area (Å²) in [7, 11) is 0. The van der Waals surface area contributed by atoms with Crippen LogP contribution < -0.4 is 4.74 Å². The molecule has 0 saturated carbocycles. The largest absolute Gasteiger partial charge is 0.480 e. The molecule has 2 aromatic rings. The number of benzene rings is 1. The van der Waals surface area contributed by atoms with E-state index in [1.54, 1.807) is 6.92 Å². The van der Waals surface area contributed by atoms with E-state index in [1.807, 2.05) is 0 Å². The van der Waals surface area contributed by atoms with Gasteiger partial charge in [0.2, 0.25) is 0 Å². The Morgan fingerprint density at radius 2 is 2.26 bits per heavy atom. The molecule has 0 aliphatic carbocycles. The second-order valence-electron chi connectivity index (χ2n) is 3.80. The Kier molecular flexibility index (Phi) is 3.71. The van der Waals surface area contributed by atoms with Gasteiger partial charge in [0.25, 0.3) is 0 Å². The Bertz CT molecular complexity index is 596. The highest BCUT2D eigenvalue weighted by molar-refractivity contribution is 5.48. The number of nitro benzene ring substituents is 1. The van der Waals surface area contributed by atoms with Crippen molar-refractivity contribution in [3.05, 3.63) is 45.3 Å². The molecule has 1 aromatic carbocycles. The highest BCUT2D eigenvalue weighted by atomic mass is 16.6. The highest BCUT2D eigenvalue weighted by Gasteiger charge is 2.17. The van der Waals surface area contributed by atoms with E-state index < -0.39 is 4.92 Å². The Morgan fingerprint density at radius 1 is 1.47 bits per heavy atom. The molecule has 0 aliphatic heterocycles. The van der Waals surface area contributed by atoms with Crippen molar-refractivity contribution in [3.63, 3.8) is 0 Å². The normalized spacial score (nSPS) is 10.4. The zero-order valence-electron chi connectivity index (χ0n) is 10.1. The Labute approximate surface area is 107 Å². The second kappa shape index (κ2) is 5.44. The van der Waals surface area contributed by atoms with Gasteiger partial charge in [0.1, 0.15) is 18.0 Å². The summed E-state index contributed by atoms with van der Waals surface area (Å²) in [6, 6.07) is 4.17. The van der Waals surface area contributed by atoms with Gasteiger partial charge in [-0.3, -0.25) is 10.1 Å². The van der Waals surface area contributed by atoms with Gasteiger partial charge in [-0.2, -0.15) is 0 Å². The van der Waals surface area contributed by atoms with Crippen molar-refractivity contribution >= 4 is 5.69 Å². The van der Waals surface area contributed by atoms with Crippen molar-refractivity contribution in [2.24, 2.45) is 0 Å². The van der Waals surface area contributed by atoms with E-state index in [1.165, 1.54) is 18.2 Å². The van der Waals surface area contributed by atoms with Gasteiger partial charge in [-0.05, 0) is 24.6 Å². The molecular weight excluding hydrogens is 254 g/mol. The fourth-order valence-electron chi connectivity index (χ4n) is 1.45. The van der Waals surface area contributed by atoms with Crippen LogP contribution in [0.15, 0.2) is 22.8 Å². The van der Waals surface area contributed by atoms with Crippen LogP contribution in [-0.2, 0) is 13.2 Å². The molecule has 0 bridgehead atoms. The minimum Gasteiger partial charge on any atom is -0.480 e. The van der Waals surface area contributed by atoms with Crippen molar-refractivity contribution in [1.82, 2.24) is 10.3 Å². The molecule has 1 heterocycles. The van der Waals surface area contributed by atoms with E-state index >= 15 is 0 Å². The predicted molar refractivity (Wildman–Crippen MR) is 62.4 cm³/mol. The van der Waals surface area contributed by atoms with Crippen molar-refractivity contribution in [2.75, 3.05) is 0 Å². The van der Waals surface area contributed by atoms with Crippen LogP contribution in [0, 0.1) is 17.0 Å². The lowest BCUT2D eigenvalue weighted by Crippen LogP contribution is -2.01. The first kappa shape index (κ1) is 13.0. The second-order valence-corrected chi connectivity index (χ2v) is 3.80. The Balaban J connectivity index is 2.22. The summed E-state index contributed by atoms with van der Waals surface area (Å²) in [5, 5.41) is 27.1. The minimum atomic E-state index is -0.551. The molecule has 19 heavy (non-hydrogen) atoms. The van der Waals surface area contributed by atoms with Crippen LogP contribution in [0.2, 0.25) is 0 Å². The van der Waals surface area contributed by atoms with Crippen molar-refractivity contribution in [2.45, 2.75) is 20.1 Å². The standard InChI is InChI=1S/C11H11N3O5/c1-7-9(13-19-12-7)6-18-11-4-8(5-15)2-3-10(11)14(16)17/h2-4,15H,5-6H2,1H3. The van der Waals surface area contributed by atoms with Crippen LogP contribution >= 0.6 is 0 Å². The number of aryl methyl sites for hydroxylation is 1. The van der Waals surface area contributed by atoms with Crippen molar-refractivity contribution < 1.29 is 19.4 Å². The first-order valence-corrected chi connectivity index (χ1v) is 5.41. The fourth-order valence-corrected chi connectivity index (χ4v) is 1.45. The average Bonchev–Trinajstić information content (AvgIpc) is 2.81. The summed E-state index contributed by atoms with van der Waals surface area (Å²) in [5.41, 5.74) is 1.37. The van der Waals surface area contributed by atoms with Crippen molar-refractivity contribution in [3.8, 4) is 5.75 Å². The zero-order valence-corrected chi connectivity index (χ0v) is 10.1. The topological polar surface area (TPSA) is 112 Å². The molecule has 0 radical (unpaired) electrons. The fraction of sp³-hybridized carbons (Fsp3) is 0.273. The van der Waals surface area contributed by atoms with Crippen LogP contribution in [-0.4, -0.2) is 20.3 Å². The molecule has 8 heteroatoms. The van der Waals surface area contributed by atoms with E-state index in [0.717, 1.165) is 0 Å². The van der Waals surface area contributed by atoms with Gasteiger partial charge >= 0.3 is 5.69 Å². The number of hydrogen-bond donors (Lipinski definition) is 1. The summed E-state index contributed by atoms with van der Waals surface area (Å²) in [5.74, 6) is 0.0685. The summed E-state index contributed by atoms with van der Waals surface area (Å²) >= 11 is 0. The number of aliphatic hydroxyl groups excluding tert-OH is 1. The van der Waals surface area contributed by atoms with E-state index in [2.05, 4.69) is 14.9 Å². The number of ether oxygens (including phenoxy) is 1. The lowest BCUT2D eigenvalue weighted by molar-refractivity contribution is -0.386. The molecule has 0 unspecified atom stereocenters. The average molecular weight is 265 g/mol. The van der Waals surface area contributed by atoms with E-state index in [4.69, 9.17) is 9.84 Å². The van der Waals surface area contributed by atoms with Crippen LogP contribution in [0.5, 0.6) is 5.75 Å². The van der Waals surface area contributed by atoms with Gasteiger partial charge in [0.15, 0.2) is 5.75 Å². The molecule has 1 aromatic heterocycles. The number of nitro groups is 1. The first-order chi connectivity index (χ1) is 9.11. The van der Waals surface area contributed by atoms with Crippen LogP contribution in [0.4, 0.5) is 5.69 Å². The van der Waals surface area contributed by atoms with Gasteiger partial charge in [0.05, 0.1) is 11.5 Å². The molecule has 100 valence electrons. The van der Waals surface area contributed by atoms with Gasteiger partial charge < -0.3 is 9.84 Å². The Morgan fingerprint density at radius 3 is 2.84 bits per heavy atom. The van der Waals surface area contributed by atoms with Crippen molar-refractivity contribution in [1.29, 1.82) is 0 Å². The quantitative estimate of drug-likeness (QED) is 0.641. The number of hydrogen-bond acceptors (Lipinski definition) is 7. The molecule has 0 amide bonds. The zero-order chi connectivity index (χ0) is 13.8. The highest BCUT2D eigenvalue weighted by Crippen LogP contribution is 2.28. The maximum absolute atomic E-state index is 10.9. The van der Waals surface area contributed by atoms with E-state index in [-0.39, 0.29) is 24.7 Å². The van der Waals surface area contributed by atoms with Gasteiger partial charge in [0, 0.05) is 6.07 Å². The number of rotatable bonds is 5.